The molecule has 0 spiro atoms. The highest BCUT2D eigenvalue weighted by atomic mass is 79.9. The number of benzene rings is 1. The third-order valence-corrected chi connectivity index (χ3v) is 3.56. The minimum Gasteiger partial charge on any atom is -0.393 e. The Morgan fingerprint density at radius 1 is 1.35 bits per heavy atom. The van der Waals surface area contributed by atoms with Crippen LogP contribution in [0.4, 0.5) is 11.5 Å². The Kier molecular flexibility index (Phi) is 5.09. The summed E-state index contributed by atoms with van der Waals surface area (Å²) in [6, 6.07) is 12.2. The fraction of sp³-hybridized carbons (Fsp3) is 0.200. The third kappa shape index (κ3) is 3.77. The maximum Gasteiger partial charge on any atom is 0.135 e. The zero-order chi connectivity index (χ0) is 14.5. The zero-order valence-corrected chi connectivity index (χ0v) is 13.6. The lowest BCUT2D eigenvalue weighted by Crippen LogP contribution is -2.24. The Hall–Kier alpha value is -1.46. The number of halogens is 1. The summed E-state index contributed by atoms with van der Waals surface area (Å²) in [7, 11) is 0. The first-order valence-electron chi connectivity index (χ1n) is 6.31. The van der Waals surface area contributed by atoms with Crippen molar-refractivity contribution in [3.63, 3.8) is 0 Å². The molecule has 0 saturated carbocycles. The van der Waals surface area contributed by atoms with E-state index in [4.69, 9.17) is 18.0 Å². The van der Waals surface area contributed by atoms with Gasteiger partial charge in [0.25, 0.3) is 0 Å². The number of aryl methyl sites for hydroxylation is 1. The smallest absolute Gasteiger partial charge is 0.135 e. The molecular formula is C15H16BrN3S. The molecule has 0 fully saturated rings. The van der Waals surface area contributed by atoms with E-state index in [2.05, 4.69) is 44.0 Å². The van der Waals surface area contributed by atoms with Gasteiger partial charge >= 0.3 is 0 Å². The number of hydrogen-bond donors (Lipinski definition) is 1. The maximum absolute atomic E-state index is 5.64. The summed E-state index contributed by atoms with van der Waals surface area (Å²) in [6.07, 6.45) is 2.46. The second-order valence-corrected chi connectivity index (χ2v) is 5.94. The molecule has 0 bridgehead atoms. The van der Waals surface area contributed by atoms with Gasteiger partial charge in [-0.25, -0.2) is 4.98 Å². The maximum atomic E-state index is 5.64. The number of aromatic nitrogens is 1. The number of pyridine rings is 1. The van der Waals surface area contributed by atoms with Crippen LogP contribution in [-0.2, 0) is 0 Å². The lowest BCUT2D eigenvalue weighted by molar-refractivity contribution is 0.935. The topological polar surface area (TPSA) is 42.2 Å². The van der Waals surface area contributed by atoms with Gasteiger partial charge in [-0.2, -0.15) is 0 Å². The SMILES string of the molecule is Cc1cc(Br)cnc1N(CCC(N)=S)c1ccccc1. The molecule has 1 aromatic heterocycles. The molecule has 5 heteroatoms. The lowest BCUT2D eigenvalue weighted by atomic mass is 10.2. The average Bonchev–Trinajstić information content (AvgIpc) is 2.42. The van der Waals surface area contributed by atoms with Gasteiger partial charge in [0, 0.05) is 29.3 Å². The van der Waals surface area contributed by atoms with Crippen LogP contribution < -0.4 is 10.6 Å². The van der Waals surface area contributed by atoms with E-state index in [-0.39, 0.29) is 0 Å². The van der Waals surface area contributed by atoms with Gasteiger partial charge in [-0.15, -0.1) is 0 Å². The minimum atomic E-state index is 0.515. The molecule has 2 aromatic rings. The van der Waals surface area contributed by atoms with Crippen LogP contribution in [0.3, 0.4) is 0 Å². The molecule has 0 amide bonds. The minimum absolute atomic E-state index is 0.515. The molecule has 0 radical (unpaired) electrons. The Morgan fingerprint density at radius 3 is 2.65 bits per heavy atom. The van der Waals surface area contributed by atoms with Crippen molar-refractivity contribution in [3.8, 4) is 0 Å². The summed E-state index contributed by atoms with van der Waals surface area (Å²) in [5, 5.41) is 0. The molecule has 0 aliphatic heterocycles. The monoisotopic (exact) mass is 349 g/mol. The van der Waals surface area contributed by atoms with Crippen LogP contribution in [0.2, 0.25) is 0 Å². The summed E-state index contributed by atoms with van der Waals surface area (Å²) in [6.45, 7) is 2.76. The number of nitrogens with two attached hydrogens (primary N) is 1. The number of anilines is 2. The van der Waals surface area contributed by atoms with E-state index in [1.807, 2.05) is 25.1 Å². The molecule has 3 nitrogen and oxygen atoms in total. The molecule has 0 unspecified atom stereocenters. The van der Waals surface area contributed by atoms with Crippen LogP contribution in [0.1, 0.15) is 12.0 Å². The van der Waals surface area contributed by atoms with Crippen molar-refractivity contribution in [1.29, 1.82) is 0 Å². The standard InChI is InChI=1S/C15H16BrN3S/c1-11-9-12(16)10-18-15(11)19(8-7-14(17)20)13-5-3-2-4-6-13/h2-6,9-10H,7-8H2,1H3,(H2,17,20). The lowest BCUT2D eigenvalue weighted by Gasteiger charge is -2.25. The van der Waals surface area contributed by atoms with Crippen LogP contribution in [0.5, 0.6) is 0 Å². The van der Waals surface area contributed by atoms with E-state index in [0.717, 1.165) is 28.1 Å². The van der Waals surface area contributed by atoms with E-state index in [0.29, 0.717) is 11.4 Å². The van der Waals surface area contributed by atoms with Crippen molar-refractivity contribution in [3.05, 3.63) is 52.6 Å². The number of para-hydroxylation sites is 1. The van der Waals surface area contributed by atoms with Crippen molar-refractivity contribution in [2.24, 2.45) is 5.73 Å². The number of rotatable bonds is 5. The van der Waals surface area contributed by atoms with Crippen molar-refractivity contribution in [1.82, 2.24) is 4.98 Å². The van der Waals surface area contributed by atoms with Gasteiger partial charge in [0.1, 0.15) is 5.82 Å². The normalized spacial score (nSPS) is 10.3. The summed E-state index contributed by atoms with van der Waals surface area (Å²) < 4.78 is 0.973. The summed E-state index contributed by atoms with van der Waals surface area (Å²) in [4.78, 5) is 7.18. The Morgan fingerprint density at radius 2 is 2.05 bits per heavy atom. The molecule has 0 aliphatic rings. The second kappa shape index (κ2) is 6.81. The first-order chi connectivity index (χ1) is 9.58. The van der Waals surface area contributed by atoms with Gasteiger partial charge < -0.3 is 10.6 Å². The van der Waals surface area contributed by atoms with E-state index >= 15 is 0 Å². The molecule has 2 N–H and O–H groups in total. The van der Waals surface area contributed by atoms with E-state index in [9.17, 15) is 0 Å². The van der Waals surface area contributed by atoms with Crippen LogP contribution in [0.15, 0.2) is 47.1 Å². The molecule has 1 aromatic carbocycles. The molecule has 0 saturated heterocycles. The van der Waals surface area contributed by atoms with Gasteiger partial charge in [0.05, 0.1) is 4.99 Å². The first kappa shape index (κ1) is 14.9. The highest BCUT2D eigenvalue weighted by molar-refractivity contribution is 9.10. The first-order valence-corrected chi connectivity index (χ1v) is 7.51. The van der Waals surface area contributed by atoms with Crippen LogP contribution in [-0.4, -0.2) is 16.5 Å². The Balaban J connectivity index is 2.37. The van der Waals surface area contributed by atoms with Gasteiger partial charge in [-0.3, -0.25) is 0 Å². The third-order valence-electron chi connectivity index (χ3n) is 2.92. The zero-order valence-electron chi connectivity index (χ0n) is 11.2. The predicted octanol–water partition coefficient (Wildman–Crippen LogP) is 3.97. The molecule has 2 rings (SSSR count). The molecule has 0 aliphatic carbocycles. The van der Waals surface area contributed by atoms with Gasteiger partial charge in [-0.05, 0) is 46.6 Å². The summed E-state index contributed by atoms with van der Waals surface area (Å²) in [5.41, 5.74) is 7.82. The van der Waals surface area contributed by atoms with Crippen molar-refractivity contribution in [2.45, 2.75) is 13.3 Å². The fourth-order valence-corrected chi connectivity index (χ4v) is 2.54. The van der Waals surface area contributed by atoms with E-state index < -0.39 is 0 Å². The van der Waals surface area contributed by atoms with Crippen molar-refractivity contribution >= 4 is 44.6 Å². The summed E-state index contributed by atoms with van der Waals surface area (Å²) >= 11 is 8.43. The van der Waals surface area contributed by atoms with Gasteiger partial charge in [0.2, 0.25) is 0 Å². The molecule has 20 heavy (non-hydrogen) atoms. The van der Waals surface area contributed by atoms with Crippen molar-refractivity contribution in [2.75, 3.05) is 11.4 Å². The van der Waals surface area contributed by atoms with Crippen LogP contribution in [0.25, 0.3) is 0 Å². The quantitative estimate of drug-likeness (QED) is 0.829. The summed E-state index contributed by atoms with van der Waals surface area (Å²) in [5.74, 6) is 0.927. The average molecular weight is 350 g/mol. The van der Waals surface area contributed by atoms with Gasteiger partial charge in [-0.1, -0.05) is 30.4 Å². The number of hydrogen-bond acceptors (Lipinski definition) is 3. The fourth-order valence-electron chi connectivity index (χ4n) is 2.00. The molecular weight excluding hydrogens is 334 g/mol. The number of thiocarbonyl (C=S) groups is 1. The highest BCUT2D eigenvalue weighted by Crippen LogP contribution is 2.27. The van der Waals surface area contributed by atoms with E-state index in [1.54, 1.807) is 6.20 Å². The Labute approximate surface area is 132 Å². The predicted molar refractivity (Wildman–Crippen MR) is 91.5 cm³/mol. The molecule has 0 atom stereocenters. The Bertz CT molecular complexity index is 601. The molecule has 1 heterocycles. The number of nitrogens with zero attached hydrogens (tertiary/aromatic N) is 2. The largest absolute Gasteiger partial charge is 0.393 e. The van der Waals surface area contributed by atoms with Crippen molar-refractivity contribution < 1.29 is 0 Å². The van der Waals surface area contributed by atoms with Gasteiger partial charge in [0.15, 0.2) is 0 Å². The molecule has 104 valence electrons. The highest BCUT2D eigenvalue weighted by Gasteiger charge is 2.13. The second-order valence-electron chi connectivity index (χ2n) is 4.50. The van der Waals surface area contributed by atoms with Crippen LogP contribution in [0, 0.1) is 6.92 Å². The van der Waals surface area contributed by atoms with Crippen LogP contribution >= 0.6 is 28.1 Å². The van der Waals surface area contributed by atoms with E-state index in [1.165, 1.54) is 0 Å².